The lowest BCUT2D eigenvalue weighted by atomic mass is 10.1. The molecule has 1 unspecified atom stereocenters. The maximum absolute atomic E-state index is 4.28. The molecule has 3 nitrogen and oxygen atoms in total. The maximum atomic E-state index is 4.28. The van der Waals surface area contributed by atoms with Gasteiger partial charge in [0.1, 0.15) is 0 Å². The number of hydrogen-bond donors (Lipinski definition) is 1. The summed E-state index contributed by atoms with van der Waals surface area (Å²) in [7, 11) is 0. The van der Waals surface area contributed by atoms with Gasteiger partial charge in [0.2, 0.25) is 0 Å². The largest absolute Gasteiger partial charge is 0.370 e. The van der Waals surface area contributed by atoms with Crippen molar-refractivity contribution < 1.29 is 0 Å². The Morgan fingerprint density at radius 2 is 2.17 bits per heavy atom. The van der Waals surface area contributed by atoms with Crippen LogP contribution in [0.3, 0.4) is 0 Å². The first-order valence-electron chi connectivity index (χ1n) is 6.86. The van der Waals surface area contributed by atoms with Crippen LogP contribution in [0.15, 0.2) is 18.5 Å². The lowest BCUT2D eigenvalue weighted by molar-refractivity contribution is 0.383. The minimum Gasteiger partial charge on any atom is -0.370 e. The summed E-state index contributed by atoms with van der Waals surface area (Å²) in [6.45, 7) is 12.2. The van der Waals surface area contributed by atoms with Crippen molar-refractivity contribution in [3.05, 3.63) is 24.0 Å². The van der Waals surface area contributed by atoms with Crippen molar-refractivity contribution in [3.63, 3.8) is 0 Å². The summed E-state index contributed by atoms with van der Waals surface area (Å²) in [6.07, 6.45) is 5.17. The summed E-state index contributed by atoms with van der Waals surface area (Å²) in [4.78, 5) is 6.74. The first kappa shape index (κ1) is 13.3. The van der Waals surface area contributed by atoms with Gasteiger partial charge in [-0.3, -0.25) is 4.98 Å². The van der Waals surface area contributed by atoms with Crippen LogP contribution < -0.4 is 10.2 Å². The van der Waals surface area contributed by atoms with Gasteiger partial charge in [-0.1, -0.05) is 0 Å². The molecule has 0 radical (unpaired) electrons. The number of nitrogens with one attached hydrogen (secondary N) is 1. The summed E-state index contributed by atoms with van der Waals surface area (Å²) in [6, 6.07) is 2.23. The summed E-state index contributed by atoms with van der Waals surface area (Å²) in [5.41, 5.74) is 2.73. The summed E-state index contributed by atoms with van der Waals surface area (Å²) < 4.78 is 0. The highest BCUT2D eigenvalue weighted by Crippen LogP contribution is 2.23. The van der Waals surface area contributed by atoms with Gasteiger partial charge in [-0.25, -0.2) is 0 Å². The van der Waals surface area contributed by atoms with Crippen molar-refractivity contribution in [1.82, 2.24) is 10.3 Å². The van der Waals surface area contributed by atoms with Gasteiger partial charge in [0.15, 0.2) is 0 Å². The van der Waals surface area contributed by atoms with Gasteiger partial charge in [-0.15, -0.1) is 0 Å². The molecule has 1 atom stereocenters. The molecule has 1 aliphatic heterocycles. The van der Waals surface area contributed by atoms with E-state index in [4.69, 9.17) is 0 Å². The van der Waals surface area contributed by atoms with Crippen LogP contribution in [0.25, 0.3) is 0 Å². The van der Waals surface area contributed by atoms with Crippen molar-refractivity contribution in [2.24, 2.45) is 5.92 Å². The van der Waals surface area contributed by atoms with Crippen LogP contribution in [0.1, 0.15) is 32.8 Å². The zero-order valence-electron chi connectivity index (χ0n) is 12.0. The zero-order chi connectivity index (χ0) is 13.2. The third-order valence-electron chi connectivity index (χ3n) is 3.43. The van der Waals surface area contributed by atoms with Gasteiger partial charge in [0, 0.05) is 31.4 Å². The van der Waals surface area contributed by atoms with E-state index in [1.807, 2.05) is 12.4 Å². The normalized spacial score (nSPS) is 20.4. The average Bonchev–Trinajstić information content (AvgIpc) is 2.74. The Morgan fingerprint density at radius 3 is 2.83 bits per heavy atom. The molecule has 0 bridgehead atoms. The van der Waals surface area contributed by atoms with E-state index in [0.717, 1.165) is 25.6 Å². The van der Waals surface area contributed by atoms with Gasteiger partial charge >= 0.3 is 0 Å². The monoisotopic (exact) mass is 247 g/mol. The fourth-order valence-corrected chi connectivity index (χ4v) is 2.40. The highest BCUT2D eigenvalue weighted by atomic mass is 15.2. The molecule has 1 N–H and O–H groups in total. The SMILES string of the molecule is Cc1cncc(N2CCC(CNC(C)(C)C)C2)c1. The van der Waals surface area contributed by atoms with Crippen molar-refractivity contribution in [2.45, 2.75) is 39.7 Å². The first-order chi connectivity index (χ1) is 8.44. The minimum atomic E-state index is 0.221. The summed E-state index contributed by atoms with van der Waals surface area (Å²) >= 11 is 0. The van der Waals surface area contributed by atoms with Crippen LogP contribution in [0.2, 0.25) is 0 Å². The average molecular weight is 247 g/mol. The van der Waals surface area contributed by atoms with Gasteiger partial charge in [-0.2, -0.15) is 0 Å². The molecule has 18 heavy (non-hydrogen) atoms. The second kappa shape index (κ2) is 5.27. The van der Waals surface area contributed by atoms with Gasteiger partial charge in [0.25, 0.3) is 0 Å². The number of anilines is 1. The molecule has 1 aromatic heterocycles. The molecule has 1 aliphatic rings. The van der Waals surface area contributed by atoms with E-state index in [0.29, 0.717) is 0 Å². The predicted octanol–water partition coefficient (Wildman–Crippen LogP) is 2.60. The molecule has 2 heterocycles. The van der Waals surface area contributed by atoms with Crippen molar-refractivity contribution in [1.29, 1.82) is 0 Å². The van der Waals surface area contributed by atoms with E-state index in [1.54, 1.807) is 0 Å². The fraction of sp³-hybridized carbons (Fsp3) is 0.667. The molecule has 0 saturated carbocycles. The highest BCUT2D eigenvalue weighted by molar-refractivity contribution is 5.46. The molecule has 0 aliphatic carbocycles. The Kier molecular flexibility index (Phi) is 3.91. The molecular formula is C15H25N3. The topological polar surface area (TPSA) is 28.2 Å². The van der Waals surface area contributed by atoms with E-state index in [2.05, 4.69) is 49.0 Å². The lowest BCUT2D eigenvalue weighted by Crippen LogP contribution is -2.39. The number of hydrogen-bond acceptors (Lipinski definition) is 3. The smallest absolute Gasteiger partial charge is 0.0555 e. The quantitative estimate of drug-likeness (QED) is 0.890. The Morgan fingerprint density at radius 1 is 1.39 bits per heavy atom. The number of aromatic nitrogens is 1. The van der Waals surface area contributed by atoms with Crippen molar-refractivity contribution >= 4 is 5.69 Å². The van der Waals surface area contributed by atoms with Crippen LogP contribution >= 0.6 is 0 Å². The molecule has 1 aromatic rings. The number of aryl methyl sites for hydroxylation is 1. The van der Waals surface area contributed by atoms with Gasteiger partial charge < -0.3 is 10.2 Å². The summed E-state index contributed by atoms with van der Waals surface area (Å²) in [5.74, 6) is 0.754. The zero-order valence-corrected chi connectivity index (χ0v) is 12.0. The Labute approximate surface area is 111 Å². The molecule has 100 valence electrons. The van der Waals surface area contributed by atoms with Gasteiger partial charge in [0.05, 0.1) is 11.9 Å². The molecule has 1 fully saturated rings. The molecule has 3 heteroatoms. The Balaban J connectivity index is 1.89. The Bertz CT molecular complexity index is 395. The number of pyridine rings is 1. The summed E-state index contributed by atoms with van der Waals surface area (Å²) in [5, 5.41) is 3.60. The van der Waals surface area contributed by atoms with Crippen LogP contribution in [0, 0.1) is 12.8 Å². The second-order valence-corrected chi connectivity index (χ2v) is 6.45. The van der Waals surface area contributed by atoms with Crippen molar-refractivity contribution in [3.8, 4) is 0 Å². The minimum absolute atomic E-state index is 0.221. The van der Waals surface area contributed by atoms with E-state index < -0.39 is 0 Å². The molecule has 0 aromatic carbocycles. The van der Waals surface area contributed by atoms with Crippen molar-refractivity contribution in [2.75, 3.05) is 24.5 Å². The van der Waals surface area contributed by atoms with E-state index in [1.165, 1.54) is 17.7 Å². The third kappa shape index (κ3) is 3.70. The van der Waals surface area contributed by atoms with Crippen LogP contribution in [-0.4, -0.2) is 30.2 Å². The number of rotatable bonds is 3. The van der Waals surface area contributed by atoms with E-state index in [9.17, 15) is 0 Å². The molecular weight excluding hydrogens is 222 g/mol. The predicted molar refractivity (Wildman–Crippen MR) is 77.0 cm³/mol. The van der Waals surface area contributed by atoms with E-state index in [-0.39, 0.29) is 5.54 Å². The third-order valence-corrected chi connectivity index (χ3v) is 3.43. The lowest BCUT2D eigenvalue weighted by Gasteiger charge is -2.24. The second-order valence-electron chi connectivity index (χ2n) is 6.45. The molecule has 0 amide bonds. The maximum Gasteiger partial charge on any atom is 0.0555 e. The first-order valence-corrected chi connectivity index (χ1v) is 6.86. The van der Waals surface area contributed by atoms with E-state index >= 15 is 0 Å². The Hall–Kier alpha value is -1.09. The van der Waals surface area contributed by atoms with Crippen LogP contribution in [0.5, 0.6) is 0 Å². The van der Waals surface area contributed by atoms with Crippen LogP contribution in [-0.2, 0) is 0 Å². The fourth-order valence-electron chi connectivity index (χ4n) is 2.40. The standard InChI is InChI=1S/C15H25N3/c1-12-7-14(10-16-8-12)18-6-5-13(11-18)9-17-15(2,3)4/h7-8,10,13,17H,5-6,9,11H2,1-4H3. The molecule has 0 spiro atoms. The number of nitrogens with zero attached hydrogens (tertiary/aromatic N) is 2. The molecule has 1 saturated heterocycles. The highest BCUT2D eigenvalue weighted by Gasteiger charge is 2.24. The van der Waals surface area contributed by atoms with Gasteiger partial charge in [-0.05, 0) is 51.7 Å². The van der Waals surface area contributed by atoms with Crippen LogP contribution in [0.4, 0.5) is 5.69 Å². The molecule has 2 rings (SSSR count).